The van der Waals surface area contributed by atoms with Crippen molar-refractivity contribution in [2.24, 2.45) is 0 Å². The van der Waals surface area contributed by atoms with Crippen LogP contribution < -0.4 is 5.32 Å². The second-order valence-corrected chi connectivity index (χ2v) is 8.07. The van der Waals surface area contributed by atoms with Crippen LogP contribution in [0.25, 0.3) is 11.5 Å². The molecule has 0 fully saturated rings. The molecule has 5 nitrogen and oxygen atoms in total. The van der Waals surface area contributed by atoms with E-state index >= 15 is 0 Å². The van der Waals surface area contributed by atoms with Crippen LogP contribution in [0.2, 0.25) is 0 Å². The molecule has 3 rings (SSSR count). The topological polar surface area (TPSA) is 68.0 Å². The maximum atomic E-state index is 12.0. The summed E-state index contributed by atoms with van der Waals surface area (Å²) in [5.41, 5.74) is 2.97. The summed E-state index contributed by atoms with van der Waals surface area (Å²) in [6.07, 6.45) is 6.40. The number of aryl methyl sites for hydroxylation is 1. The van der Waals surface area contributed by atoms with Gasteiger partial charge in [0.2, 0.25) is 11.8 Å². The van der Waals surface area contributed by atoms with Crippen molar-refractivity contribution in [2.45, 2.75) is 24.0 Å². The van der Waals surface area contributed by atoms with Gasteiger partial charge in [-0.3, -0.25) is 9.78 Å². The van der Waals surface area contributed by atoms with E-state index in [0.717, 1.165) is 29.0 Å². The van der Waals surface area contributed by atoms with Gasteiger partial charge < -0.3 is 9.73 Å². The van der Waals surface area contributed by atoms with Crippen LogP contribution in [0.15, 0.2) is 58.1 Å². The summed E-state index contributed by atoms with van der Waals surface area (Å²) in [6.45, 7) is 2.53. The Morgan fingerprint density at radius 1 is 1.21 bits per heavy atom. The number of thioether (sulfide) groups is 2. The maximum absolute atomic E-state index is 12.0. The molecule has 0 aliphatic heterocycles. The largest absolute Gasteiger partial charge is 0.441 e. The SMILES string of the molecule is CSc1ccc(-c2nc(CSCC(=O)NCCc3cccnc3)c(C)o2)cc1. The second-order valence-electron chi connectivity index (χ2n) is 6.20. The van der Waals surface area contributed by atoms with E-state index in [9.17, 15) is 4.79 Å². The van der Waals surface area contributed by atoms with Gasteiger partial charge in [0, 0.05) is 35.2 Å². The smallest absolute Gasteiger partial charge is 0.230 e. The molecule has 0 radical (unpaired) electrons. The van der Waals surface area contributed by atoms with Gasteiger partial charge in [-0.15, -0.1) is 23.5 Å². The fourth-order valence-corrected chi connectivity index (χ4v) is 3.86. The molecule has 0 bridgehead atoms. The summed E-state index contributed by atoms with van der Waals surface area (Å²) >= 11 is 3.24. The number of hydrogen-bond donors (Lipinski definition) is 1. The first-order valence-electron chi connectivity index (χ1n) is 9.00. The first-order valence-corrected chi connectivity index (χ1v) is 11.4. The predicted octanol–water partition coefficient (Wildman–Crippen LogP) is 4.36. The predicted molar refractivity (Wildman–Crippen MR) is 116 cm³/mol. The second kappa shape index (κ2) is 10.3. The minimum absolute atomic E-state index is 0.0305. The Balaban J connectivity index is 1.44. The number of oxazole rings is 1. The quantitative estimate of drug-likeness (QED) is 0.526. The first kappa shape index (κ1) is 20.5. The fraction of sp³-hybridized carbons (Fsp3) is 0.286. The van der Waals surface area contributed by atoms with Crippen molar-refractivity contribution >= 4 is 29.4 Å². The minimum Gasteiger partial charge on any atom is -0.441 e. The van der Waals surface area contributed by atoms with Gasteiger partial charge >= 0.3 is 0 Å². The Morgan fingerprint density at radius 3 is 2.75 bits per heavy atom. The van der Waals surface area contributed by atoms with Crippen molar-refractivity contribution in [1.29, 1.82) is 0 Å². The average molecular weight is 414 g/mol. The van der Waals surface area contributed by atoms with Crippen LogP contribution in [0.4, 0.5) is 0 Å². The number of carbonyl (C=O) groups excluding carboxylic acids is 1. The van der Waals surface area contributed by atoms with Crippen LogP contribution in [0.1, 0.15) is 17.0 Å². The third-order valence-corrected chi connectivity index (χ3v) is 5.85. The van der Waals surface area contributed by atoms with Crippen molar-refractivity contribution in [3.8, 4) is 11.5 Å². The number of amides is 1. The van der Waals surface area contributed by atoms with Crippen molar-refractivity contribution in [1.82, 2.24) is 15.3 Å². The lowest BCUT2D eigenvalue weighted by Gasteiger charge is -2.04. The zero-order valence-corrected chi connectivity index (χ0v) is 17.6. The van der Waals surface area contributed by atoms with Gasteiger partial charge in [0.25, 0.3) is 0 Å². The molecular formula is C21H23N3O2S2. The molecule has 2 aromatic heterocycles. The van der Waals surface area contributed by atoms with Crippen molar-refractivity contribution < 1.29 is 9.21 Å². The third kappa shape index (κ3) is 5.87. The van der Waals surface area contributed by atoms with E-state index in [1.807, 2.05) is 37.4 Å². The zero-order chi connectivity index (χ0) is 19.8. The number of rotatable bonds is 9. The number of benzene rings is 1. The Hall–Kier alpha value is -2.25. The standard InChI is InChI=1S/C21H23N3O2S2/c1-15-19(24-21(26-15)17-5-7-18(27-2)8-6-17)13-28-14-20(25)23-11-9-16-4-3-10-22-12-16/h3-8,10,12H,9,11,13-14H2,1-2H3,(H,23,25). The third-order valence-electron chi connectivity index (χ3n) is 4.16. The fourth-order valence-electron chi connectivity index (χ4n) is 2.60. The van der Waals surface area contributed by atoms with Gasteiger partial charge in [0.1, 0.15) is 5.76 Å². The van der Waals surface area contributed by atoms with Crippen molar-refractivity contribution in [2.75, 3.05) is 18.6 Å². The summed E-state index contributed by atoms with van der Waals surface area (Å²) in [6, 6.07) is 12.1. The van der Waals surface area contributed by atoms with Gasteiger partial charge in [-0.2, -0.15) is 0 Å². The van der Waals surface area contributed by atoms with E-state index in [1.54, 1.807) is 18.0 Å². The van der Waals surface area contributed by atoms with Crippen molar-refractivity contribution in [3.05, 3.63) is 65.8 Å². The monoisotopic (exact) mass is 413 g/mol. The highest BCUT2D eigenvalue weighted by Crippen LogP contribution is 2.26. The number of carbonyl (C=O) groups is 1. The number of nitrogens with zero attached hydrogens (tertiary/aromatic N) is 2. The molecule has 0 aliphatic carbocycles. The van der Waals surface area contributed by atoms with Gasteiger partial charge in [-0.1, -0.05) is 6.07 Å². The Labute approximate surface area is 173 Å². The summed E-state index contributed by atoms with van der Waals surface area (Å²) < 4.78 is 5.81. The molecule has 3 aromatic rings. The van der Waals surface area contributed by atoms with E-state index in [-0.39, 0.29) is 5.91 Å². The Bertz CT molecular complexity index is 896. The van der Waals surface area contributed by atoms with E-state index in [1.165, 1.54) is 16.7 Å². The highest BCUT2D eigenvalue weighted by molar-refractivity contribution is 7.99. The molecule has 0 atom stereocenters. The molecule has 1 aromatic carbocycles. The van der Waals surface area contributed by atoms with Gasteiger partial charge in [0.15, 0.2) is 0 Å². The van der Waals surface area contributed by atoms with Crippen LogP contribution in [-0.4, -0.2) is 34.4 Å². The van der Waals surface area contributed by atoms with Crippen molar-refractivity contribution in [3.63, 3.8) is 0 Å². The molecule has 0 spiro atoms. The molecule has 28 heavy (non-hydrogen) atoms. The molecule has 146 valence electrons. The normalized spacial score (nSPS) is 10.8. The molecule has 0 saturated carbocycles. The molecule has 0 saturated heterocycles. The highest BCUT2D eigenvalue weighted by atomic mass is 32.2. The molecular weight excluding hydrogens is 390 g/mol. The van der Waals surface area contributed by atoms with E-state index in [0.29, 0.717) is 23.9 Å². The average Bonchev–Trinajstić information content (AvgIpc) is 3.09. The van der Waals surface area contributed by atoms with E-state index in [2.05, 4.69) is 33.7 Å². The van der Waals surface area contributed by atoms with Gasteiger partial charge in [0.05, 0.1) is 11.4 Å². The number of pyridine rings is 1. The molecule has 2 heterocycles. The summed E-state index contributed by atoms with van der Waals surface area (Å²) in [5, 5.41) is 2.94. The molecule has 7 heteroatoms. The lowest BCUT2D eigenvalue weighted by atomic mass is 10.2. The number of hydrogen-bond acceptors (Lipinski definition) is 6. The van der Waals surface area contributed by atoms with Crippen LogP contribution in [0.5, 0.6) is 0 Å². The van der Waals surface area contributed by atoms with Gasteiger partial charge in [-0.25, -0.2) is 4.98 Å². The number of nitrogens with one attached hydrogen (secondary N) is 1. The highest BCUT2D eigenvalue weighted by Gasteiger charge is 2.12. The molecule has 0 unspecified atom stereocenters. The van der Waals surface area contributed by atoms with Gasteiger partial charge in [-0.05, 0) is 55.5 Å². The van der Waals surface area contributed by atoms with E-state index < -0.39 is 0 Å². The summed E-state index contributed by atoms with van der Waals surface area (Å²) in [5.74, 6) is 2.50. The Kier molecular flexibility index (Phi) is 7.56. The molecule has 1 amide bonds. The Morgan fingerprint density at radius 2 is 2.04 bits per heavy atom. The molecule has 1 N–H and O–H groups in total. The molecule has 0 aliphatic rings. The first-order chi connectivity index (χ1) is 13.7. The van der Waals surface area contributed by atoms with Crippen LogP contribution in [0, 0.1) is 6.92 Å². The van der Waals surface area contributed by atoms with Crippen LogP contribution in [0.3, 0.4) is 0 Å². The van der Waals surface area contributed by atoms with Crippen LogP contribution >= 0.6 is 23.5 Å². The van der Waals surface area contributed by atoms with E-state index in [4.69, 9.17) is 4.42 Å². The lowest BCUT2D eigenvalue weighted by Crippen LogP contribution is -2.27. The maximum Gasteiger partial charge on any atom is 0.230 e. The minimum atomic E-state index is 0.0305. The van der Waals surface area contributed by atoms with Crippen LogP contribution in [-0.2, 0) is 17.0 Å². The lowest BCUT2D eigenvalue weighted by molar-refractivity contribution is -0.118. The summed E-state index contributed by atoms with van der Waals surface area (Å²) in [4.78, 5) is 21.9. The number of aromatic nitrogens is 2. The summed E-state index contributed by atoms with van der Waals surface area (Å²) in [7, 11) is 0. The zero-order valence-electron chi connectivity index (χ0n) is 16.0.